The highest BCUT2D eigenvalue weighted by molar-refractivity contribution is 7.99. The summed E-state index contributed by atoms with van der Waals surface area (Å²) in [5.41, 5.74) is 0.992. The maximum absolute atomic E-state index is 12.2. The predicted octanol–water partition coefficient (Wildman–Crippen LogP) is 2.09. The third-order valence-corrected chi connectivity index (χ3v) is 5.49. The summed E-state index contributed by atoms with van der Waals surface area (Å²) in [5, 5.41) is 8.20. The largest absolute Gasteiger partial charge is 0.355 e. The first-order valence-corrected chi connectivity index (χ1v) is 9.55. The molecule has 0 fully saturated rings. The molecule has 0 spiro atoms. The number of anilines is 1. The van der Waals surface area contributed by atoms with Gasteiger partial charge in [-0.2, -0.15) is 0 Å². The lowest BCUT2D eigenvalue weighted by atomic mass is 10.2. The normalized spacial score (nSPS) is 10.7. The Morgan fingerprint density at radius 3 is 2.65 bits per heavy atom. The Hall–Kier alpha value is -2.65. The molecule has 3 rings (SSSR count). The van der Waals surface area contributed by atoms with E-state index in [9.17, 15) is 14.4 Å². The first-order valence-electron chi connectivity index (χ1n) is 7.68. The number of nitrogens with one attached hydrogen (secondary N) is 2. The second-order valence-electron chi connectivity index (χ2n) is 5.39. The maximum Gasteiger partial charge on any atom is 0.262 e. The predicted molar refractivity (Wildman–Crippen MR) is 104 cm³/mol. The SMILES string of the molecule is CNC(=O)c1ccc(NC(=O)CSc2nc3sccc3c(=O)n2C)cc1. The lowest BCUT2D eigenvalue weighted by Gasteiger charge is -2.08. The monoisotopic (exact) mass is 388 g/mol. The van der Waals surface area contributed by atoms with E-state index in [2.05, 4.69) is 15.6 Å². The van der Waals surface area contributed by atoms with Gasteiger partial charge >= 0.3 is 0 Å². The molecule has 0 atom stereocenters. The molecule has 26 heavy (non-hydrogen) atoms. The van der Waals surface area contributed by atoms with E-state index in [0.717, 1.165) is 0 Å². The minimum Gasteiger partial charge on any atom is -0.355 e. The van der Waals surface area contributed by atoms with Gasteiger partial charge in [-0.3, -0.25) is 19.0 Å². The molecule has 0 unspecified atom stereocenters. The van der Waals surface area contributed by atoms with Gasteiger partial charge in [-0.25, -0.2) is 4.98 Å². The average molecular weight is 388 g/mol. The van der Waals surface area contributed by atoms with Crippen molar-refractivity contribution in [1.82, 2.24) is 14.9 Å². The molecule has 2 amide bonds. The molecule has 0 aliphatic rings. The molecule has 3 aromatic rings. The van der Waals surface area contributed by atoms with Crippen molar-refractivity contribution < 1.29 is 9.59 Å². The zero-order valence-corrected chi connectivity index (χ0v) is 15.7. The fourth-order valence-corrected chi connectivity index (χ4v) is 3.86. The molecule has 0 aliphatic heterocycles. The summed E-state index contributed by atoms with van der Waals surface area (Å²) in [5.74, 6) is -0.286. The number of thiophene rings is 1. The van der Waals surface area contributed by atoms with Gasteiger partial charge in [0.25, 0.3) is 11.5 Å². The highest BCUT2D eigenvalue weighted by Crippen LogP contribution is 2.20. The summed E-state index contributed by atoms with van der Waals surface area (Å²) in [7, 11) is 3.20. The smallest absolute Gasteiger partial charge is 0.262 e. The molecule has 0 aliphatic carbocycles. The molecule has 7 nitrogen and oxygen atoms in total. The number of hydrogen-bond donors (Lipinski definition) is 2. The van der Waals surface area contributed by atoms with Crippen LogP contribution in [-0.4, -0.2) is 34.2 Å². The lowest BCUT2D eigenvalue weighted by Crippen LogP contribution is -2.21. The van der Waals surface area contributed by atoms with E-state index in [-0.39, 0.29) is 23.1 Å². The number of nitrogens with zero attached hydrogens (tertiary/aromatic N) is 2. The van der Waals surface area contributed by atoms with Gasteiger partial charge in [-0.05, 0) is 35.7 Å². The number of carbonyl (C=O) groups excluding carboxylic acids is 2. The van der Waals surface area contributed by atoms with Crippen molar-refractivity contribution in [3.05, 3.63) is 51.6 Å². The van der Waals surface area contributed by atoms with Crippen LogP contribution in [0.4, 0.5) is 5.69 Å². The first-order chi connectivity index (χ1) is 12.5. The van der Waals surface area contributed by atoms with Gasteiger partial charge in [0, 0.05) is 25.3 Å². The molecule has 134 valence electrons. The number of rotatable bonds is 5. The van der Waals surface area contributed by atoms with Gasteiger partial charge in [0.2, 0.25) is 5.91 Å². The van der Waals surface area contributed by atoms with Crippen LogP contribution in [0, 0.1) is 0 Å². The Bertz CT molecular complexity index is 1020. The van der Waals surface area contributed by atoms with Crippen LogP contribution >= 0.6 is 23.1 Å². The summed E-state index contributed by atoms with van der Waals surface area (Å²) in [6, 6.07) is 8.35. The van der Waals surface area contributed by atoms with Gasteiger partial charge < -0.3 is 10.6 Å². The maximum atomic E-state index is 12.2. The second kappa shape index (κ2) is 7.71. The third kappa shape index (κ3) is 3.78. The standard InChI is InChI=1S/C17H16N4O3S2/c1-18-14(23)10-3-5-11(6-4-10)19-13(22)9-26-17-20-15-12(7-8-25-15)16(24)21(17)2/h3-8H,9H2,1-2H3,(H,18,23)(H,19,22). The van der Waals surface area contributed by atoms with Crippen LogP contribution in [0.15, 0.2) is 45.7 Å². The van der Waals surface area contributed by atoms with Crippen LogP contribution in [0.25, 0.3) is 10.2 Å². The lowest BCUT2D eigenvalue weighted by molar-refractivity contribution is -0.113. The fourth-order valence-electron chi connectivity index (χ4n) is 2.29. The topological polar surface area (TPSA) is 93.1 Å². The number of hydrogen-bond acceptors (Lipinski definition) is 6. The number of benzene rings is 1. The van der Waals surface area contributed by atoms with E-state index in [0.29, 0.717) is 26.6 Å². The molecule has 0 radical (unpaired) electrons. The van der Waals surface area contributed by atoms with Crippen molar-refractivity contribution in [3.63, 3.8) is 0 Å². The summed E-state index contributed by atoms with van der Waals surface area (Å²) < 4.78 is 1.45. The Kier molecular flexibility index (Phi) is 5.38. The number of fused-ring (bicyclic) bond motifs is 1. The van der Waals surface area contributed by atoms with E-state index in [1.807, 2.05) is 5.38 Å². The average Bonchev–Trinajstić information content (AvgIpc) is 3.12. The van der Waals surface area contributed by atoms with Gasteiger partial charge in [0.15, 0.2) is 5.16 Å². The van der Waals surface area contributed by atoms with Crippen LogP contribution in [0.1, 0.15) is 10.4 Å². The van der Waals surface area contributed by atoms with E-state index in [1.165, 1.54) is 27.7 Å². The number of thioether (sulfide) groups is 1. The molecule has 0 saturated heterocycles. The Morgan fingerprint density at radius 2 is 1.96 bits per heavy atom. The van der Waals surface area contributed by atoms with Gasteiger partial charge in [0.1, 0.15) is 4.83 Å². The molecule has 0 saturated carbocycles. The molecule has 1 aromatic carbocycles. The van der Waals surface area contributed by atoms with Crippen LogP contribution in [0.2, 0.25) is 0 Å². The van der Waals surface area contributed by atoms with E-state index in [1.54, 1.807) is 44.4 Å². The zero-order valence-electron chi connectivity index (χ0n) is 14.1. The minimum atomic E-state index is -0.219. The number of aromatic nitrogens is 2. The second-order valence-corrected chi connectivity index (χ2v) is 7.23. The van der Waals surface area contributed by atoms with Crippen LogP contribution < -0.4 is 16.2 Å². The molecule has 2 N–H and O–H groups in total. The van der Waals surface area contributed by atoms with Gasteiger partial charge in [0.05, 0.1) is 11.1 Å². The quantitative estimate of drug-likeness (QED) is 0.516. The van der Waals surface area contributed by atoms with Crippen molar-refractivity contribution in [3.8, 4) is 0 Å². The minimum absolute atomic E-state index is 0.119. The van der Waals surface area contributed by atoms with Crippen LogP contribution in [0.5, 0.6) is 0 Å². The summed E-state index contributed by atoms with van der Waals surface area (Å²) in [6.45, 7) is 0. The number of amides is 2. The summed E-state index contributed by atoms with van der Waals surface area (Å²) in [4.78, 5) is 41.0. The Morgan fingerprint density at radius 1 is 1.23 bits per heavy atom. The molecule has 0 bridgehead atoms. The highest BCUT2D eigenvalue weighted by Gasteiger charge is 2.12. The van der Waals surface area contributed by atoms with Crippen molar-refractivity contribution in [2.75, 3.05) is 18.1 Å². The van der Waals surface area contributed by atoms with E-state index < -0.39 is 0 Å². The van der Waals surface area contributed by atoms with Gasteiger partial charge in [-0.1, -0.05) is 11.8 Å². The summed E-state index contributed by atoms with van der Waals surface area (Å²) >= 11 is 2.60. The zero-order chi connectivity index (χ0) is 18.7. The van der Waals surface area contributed by atoms with Crippen LogP contribution in [0.3, 0.4) is 0 Å². The van der Waals surface area contributed by atoms with Crippen molar-refractivity contribution in [2.45, 2.75) is 5.16 Å². The molecule has 2 heterocycles. The summed E-state index contributed by atoms with van der Waals surface area (Å²) in [6.07, 6.45) is 0. The Balaban J connectivity index is 1.65. The van der Waals surface area contributed by atoms with Gasteiger partial charge in [-0.15, -0.1) is 11.3 Å². The van der Waals surface area contributed by atoms with Crippen molar-refractivity contribution >= 4 is 50.8 Å². The van der Waals surface area contributed by atoms with Crippen molar-refractivity contribution in [2.24, 2.45) is 7.05 Å². The van der Waals surface area contributed by atoms with E-state index in [4.69, 9.17) is 0 Å². The first kappa shape index (κ1) is 18.2. The Labute approximate surface area is 157 Å². The molecular weight excluding hydrogens is 372 g/mol. The molecule has 2 aromatic heterocycles. The van der Waals surface area contributed by atoms with E-state index >= 15 is 0 Å². The third-order valence-electron chi connectivity index (χ3n) is 3.65. The molecular formula is C17H16N4O3S2. The van der Waals surface area contributed by atoms with Crippen LogP contribution in [-0.2, 0) is 11.8 Å². The fraction of sp³-hybridized carbons (Fsp3) is 0.176. The highest BCUT2D eigenvalue weighted by atomic mass is 32.2. The number of carbonyl (C=O) groups is 2. The van der Waals surface area contributed by atoms with Crippen molar-refractivity contribution in [1.29, 1.82) is 0 Å². The molecule has 9 heteroatoms.